The van der Waals surface area contributed by atoms with E-state index in [0.717, 1.165) is 0 Å². The molecular formula is C7H16N2O3. The fraction of sp³-hybridized carbons (Fsp3) is 0.857. The molecule has 0 amide bonds. The molecule has 0 aliphatic rings. The number of oxime groups is 1. The SMILES string of the molecule is CCO/C(C)=N/OCC(O)CN. The molecule has 0 saturated carbocycles. The lowest BCUT2D eigenvalue weighted by Gasteiger charge is -2.06. The van der Waals surface area contributed by atoms with Crippen LogP contribution in [0.25, 0.3) is 0 Å². The summed E-state index contributed by atoms with van der Waals surface area (Å²) in [7, 11) is 0. The first-order chi connectivity index (χ1) is 5.70. The van der Waals surface area contributed by atoms with Crippen LogP contribution in [0.5, 0.6) is 0 Å². The van der Waals surface area contributed by atoms with Crippen LogP contribution < -0.4 is 5.73 Å². The van der Waals surface area contributed by atoms with Crippen molar-refractivity contribution in [2.75, 3.05) is 19.8 Å². The van der Waals surface area contributed by atoms with Crippen LogP contribution in [0.1, 0.15) is 13.8 Å². The van der Waals surface area contributed by atoms with Gasteiger partial charge in [0.2, 0.25) is 5.90 Å². The summed E-state index contributed by atoms with van der Waals surface area (Å²) in [5.41, 5.74) is 5.14. The monoisotopic (exact) mass is 176 g/mol. The minimum absolute atomic E-state index is 0.0981. The molecule has 3 N–H and O–H groups in total. The third-order valence-electron chi connectivity index (χ3n) is 1.09. The second kappa shape index (κ2) is 6.87. The Bertz CT molecular complexity index is 139. The molecule has 1 unspecified atom stereocenters. The van der Waals surface area contributed by atoms with E-state index in [1.54, 1.807) is 6.92 Å². The summed E-state index contributed by atoms with van der Waals surface area (Å²) < 4.78 is 4.97. The first-order valence-electron chi connectivity index (χ1n) is 3.88. The minimum Gasteiger partial charge on any atom is -0.479 e. The van der Waals surface area contributed by atoms with Gasteiger partial charge in [-0.1, -0.05) is 5.16 Å². The quantitative estimate of drug-likeness (QED) is 0.342. The molecule has 0 aliphatic carbocycles. The van der Waals surface area contributed by atoms with Gasteiger partial charge in [-0.15, -0.1) is 0 Å². The van der Waals surface area contributed by atoms with Crippen molar-refractivity contribution in [3.05, 3.63) is 0 Å². The smallest absolute Gasteiger partial charge is 0.222 e. The van der Waals surface area contributed by atoms with E-state index in [0.29, 0.717) is 12.5 Å². The van der Waals surface area contributed by atoms with Crippen LogP contribution in [-0.2, 0) is 9.57 Å². The van der Waals surface area contributed by atoms with Gasteiger partial charge >= 0.3 is 0 Å². The van der Waals surface area contributed by atoms with Gasteiger partial charge in [0.05, 0.1) is 6.61 Å². The Kier molecular flexibility index (Phi) is 6.41. The zero-order valence-corrected chi connectivity index (χ0v) is 7.49. The molecule has 12 heavy (non-hydrogen) atoms. The van der Waals surface area contributed by atoms with E-state index in [-0.39, 0.29) is 13.2 Å². The summed E-state index contributed by atoms with van der Waals surface area (Å²) >= 11 is 0. The van der Waals surface area contributed by atoms with E-state index in [1.165, 1.54) is 0 Å². The van der Waals surface area contributed by atoms with Gasteiger partial charge < -0.3 is 20.4 Å². The third-order valence-corrected chi connectivity index (χ3v) is 1.09. The Hall–Kier alpha value is -0.810. The third kappa shape index (κ3) is 5.94. The molecule has 0 fully saturated rings. The average Bonchev–Trinajstić information content (AvgIpc) is 2.04. The first kappa shape index (κ1) is 11.2. The van der Waals surface area contributed by atoms with Gasteiger partial charge in [-0.3, -0.25) is 0 Å². The normalized spacial score (nSPS) is 14.2. The van der Waals surface area contributed by atoms with Crippen molar-refractivity contribution in [2.24, 2.45) is 10.9 Å². The highest BCUT2D eigenvalue weighted by atomic mass is 16.7. The molecule has 72 valence electrons. The van der Waals surface area contributed by atoms with Gasteiger partial charge in [-0.2, -0.15) is 0 Å². The molecule has 1 atom stereocenters. The van der Waals surface area contributed by atoms with Gasteiger partial charge in [0.15, 0.2) is 0 Å². The summed E-state index contributed by atoms with van der Waals surface area (Å²) in [6.07, 6.45) is -0.664. The predicted octanol–water partition coefficient (Wildman–Crippen LogP) is -0.307. The van der Waals surface area contributed by atoms with Gasteiger partial charge in [0, 0.05) is 13.5 Å². The van der Waals surface area contributed by atoms with Crippen LogP contribution in [0.2, 0.25) is 0 Å². The maximum atomic E-state index is 8.94. The summed E-state index contributed by atoms with van der Waals surface area (Å²) in [6.45, 7) is 4.36. The Balaban J connectivity index is 3.45. The van der Waals surface area contributed by atoms with Crippen LogP contribution in [0, 0.1) is 0 Å². The molecule has 5 nitrogen and oxygen atoms in total. The average molecular weight is 176 g/mol. The molecular weight excluding hydrogens is 160 g/mol. The Morgan fingerprint density at radius 2 is 2.33 bits per heavy atom. The molecule has 0 spiro atoms. The number of rotatable bonds is 5. The molecule has 0 bridgehead atoms. The number of nitrogens with zero attached hydrogens (tertiary/aromatic N) is 1. The van der Waals surface area contributed by atoms with Crippen LogP contribution in [0.4, 0.5) is 0 Å². The molecule has 5 heteroatoms. The van der Waals surface area contributed by atoms with Crippen molar-refractivity contribution in [2.45, 2.75) is 20.0 Å². The fourth-order valence-corrected chi connectivity index (χ4v) is 0.517. The lowest BCUT2D eigenvalue weighted by Crippen LogP contribution is -2.24. The van der Waals surface area contributed by atoms with Crippen molar-refractivity contribution in [3.8, 4) is 0 Å². The molecule has 0 aromatic rings. The maximum Gasteiger partial charge on any atom is 0.222 e. The van der Waals surface area contributed by atoms with Gasteiger partial charge in [-0.05, 0) is 6.92 Å². The standard InChI is InChI=1S/C7H16N2O3/c1-3-11-6(2)9-12-5-7(10)4-8/h7,10H,3-5,8H2,1-2H3/b9-6+. The number of nitrogens with two attached hydrogens (primary N) is 1. The fourth-order valence-electron chi connectivity index (χ4n) is 0.517. The number of aliphatic hydroxyl groups excluding tert-OH is 1. The van der Waals surface area contributed by atoms with E-state index in [4.69, 9.17) is 20.4 Å². The molecule has 0 aliphatic heterocycles. The molecule has 0 saturated heterocycles. The zero-order chi connectivity index (χ0) is 9.40. The molecule has 0 aromatic carbocycles. The van der Waals surface area contributed by atoms with Gasteiger partial charge in [0.1, 0.15) is 12.7 Å². The topological polar surface area (TPSA) is 77.1 Å². The minimum atomic E-state index is -0.664. The van der Waals surface area contributed by atoms with Crippen molar-refractivity contribution in [1.29, 1.82) is 0 Å². The number of hydrogen-bond donors (Lipinski definition) is 2. The highest BCUT2D eigenvalue weighted by Gasteiger charge is 1.99. The van der Waals surface area contributed by atoms with Crippen LogP contribution in [0.3, 0.4) is 0 Å². The predicted molar refractivity (Wildman–Crippen MR) is 45.7 cm³/mol. The maximum absolute atomic E-state index is 8.94. The van der Waals surface area contributed by atoms with E-state index >= 15 is 0 Å². The second-order valence-corrected chi connectivity index (χ2v) is 2.23. The number of hydrogen-bond acceptors (Lipinski definition) is 5. The summed E-state index contributed by atoms with van der Waals surface area (Å²) in [4.78, 5) is 4.73. The number of ether oxygens (including phenoxy) is 1. The summed E-state index contributed by atoms with van der Waals surface area (Å²) in [5, 5.41) is 12.5. The Labute approximate surface area is 72.1 Å². The highest BCUT2D eigenvalue weighted by molar-refractivity contribution is 5.72. The molecule has 0 radical (unpaired) electrons. The molecule has 0 rings (SSSR count). The van der Waals surface area contributed by atoms with E-state index in [2.05, 4.69) is 5.16 Å². The Morgan fingerprint density at radius 1 is 1.67 bits per heavy atom. The van der Waals surface area contributed by atoms with E-state index in [9.17, 15) is 0 Å². The van der Waals surface area contributed by atoms with E-state index < -0.39 is 6.10 Å². The highest BCUT2D eigenvalue weighted by Crippen LogP contribution is 1.86. The lowest BCUT2D eigenvalue weighted by atomic mass is 10.4. The van der Waals surface area contributed by atoms with Gasteiger partial charge in [0.25, 0.3) is 0 Å². The molecule has 0 aromatic heterocycles. The van der Waals surface area contributed by atoms with Crippen molar-refractivity contribution >= 4 is 5.90 Å². The summed E-state index contributed by atoms with van der Waals surface area (Å²) in [5.74, 6) is 0.446. The Morgan fingerprint density at radius 3 is 2.83 bits per heavy atom. The second-order valence-electron chi connectivity index (χ2n) is 2.23. The first-order valence-corrected chi connectivity index (χ1v) is 3.88. The van der Waals surface area contributed by atoms with Crippen LogP contribution in [-0.4, -0.2) is 36.9 Å². The van der Waals surface area contributed by atoms with Crippen molar-refractivity contribution in [1.82, 2.24) is 0 Å². The zero-order valence-electron chi connectivity index (χ0n) is 7.49. The van der Waals surface area contributed by atoms with Crippen LogP contribution >= 0.6 is 0 Å². The largest absolute Gasteiger partial charge is 0.479 e. The van der Waals surface area contributed by atoms with Gasteiger partial charge in [-0.25, -0.2) is 0 Å². The number of aliphatic hydroxyl groups is 1. The molecule has 0 heterocycles. The van der Waals surface area contributed by atoms with E-state index in [1.807, 2.05) is 6.92 Å². The van der Waals surface area contributed by atoms with Crippen molar-refractivity contribution < 1.29 is 14.7 Å². The van der Waals surface area contributed by atoms with Crippen LogP contribution in [0.15, 0.2) is 5.16 Å². The lowest BCUT2D eigenvalue weighted by molar-refractivity contribution is 0.0409. The van der Waals surface area contributed by atoms with Crippen molar-refractivity contribution in [3.63, 3.8) is 0 Å². The summed E-state index contributed by atoms with van der Waals surface area (Å²) in [6, 6.07) is 0.